The van der Waals surface area contributed by atoms with Gasteiger partial charge in [-0.25, -0.2) is 0 Å². The van der Waals surface area contributed by atoms with E-state index in [1.54, 1.807) is 0 Å². The molecule has 0 aromatic heterocycles. The fourth-order valence-corrected chi connectivity index (χ4v) is 2.91. The molecule has 0 saturated carbocycles. The van der Waals surface area contributed by atoms with Crippen molar-refractivity contribution in [2.24, 2.45) is 0 Å². The zero-order valence-corrected chi connectivity index (χ0v) is 12.6. The van der Waals surface area contributed by atoms with Gasteiger partial charge in [-0.1, -0.05) is 39.0 Å². The molecule has 2 aliphatic rings. The maximum Gasteiger partial charge on any atom is 0.104 e. The summed E-state index contributed by atoms with van der Waals surface area (Å²) in [7, 11) is -0.657. The lowest BCUT2D eigenvalue weighted by Gasteiger charge is -2.12. The molecule has 0 bridgehead atoms. The van der Waals surface area contributed by atoms with Gasteiger partial charge in [-0.15, -0.1) is 0 Å². The van der Waals surface area contributed by atoms with Crippen LogP contribution in [-0.2, 0) is 14.2 Å². The third-order valence-corrected chi connectivity index (χ3v) is 4.41. The molecule has 0 amide bonds. The second kappa shape index (κ2) is 8.21. The first-order valence-electron chi connectivity index (χ1n) is 6.32. The average molecular weight is 264 g/mol. The van der Waals surface area contributed by atoms with E-state index in [-0.39, 0.29) is 5.48 Å². The Hall–Kier alpha value is 0.0569. The van der Waals surface area contributed by atoms with Crippen molar-refractivity contribution in [2.45, 2.75) is 51.2 Å². The van der Waals surface area contributed by atoms with Crippen LogP contribution in [0.2, 0.25) is 25.7 Å². The first kappa shape index (κ1) is 17.1. The highest BCUT2D eigenvalue weighted by Gasteiger charge is 2.26. The first-order chi connectivity index (χ1) is 7.51. The molecule has 0 spiro atoms. The number of ether oxygens (including phenoxy) is 3. The van der Waals surface area contributed by atoms with Crippen LogP contribution in [0, 0.1) is 0 Å². The Morgan fingerprint density at radius 1 is 1.06 bits per heavy atom. The van der Waals surface area contributed by atoms with Gasteiger partial charge in [0.15, 0.2) is 0 Å². The maximum atomic E-state index is 5.23. The van der Waals surface area contributed by atoms with Crippen LogP contribution in [0.25, 0.3) is 0 Å². The fourth-order valence-electron chi connectivity index (χ4n) is 1.41. The predicted octanol–water partition coefficient (Wildman–Crippen LogP) is 1.71. The predicted molar refractivity (Wildman–Crippen MR) is 72.4 cm³/mol. The van der Waals surface area contributed by atoms with Crippen molar-refractivity contribution < 1.29 is 19.7 Å². The molecule has 2 rings (SSSR count). The lowest BCUT2D eigenvalue weighted by atomic mass is 10.5. The quantitative estimate of drug-likeness (QED) is 0.542. The summed E-state index contributed by atoms with van der Waals surface area (Å²) in [5.74, 6) is 0. The Labute approximate surface area is 106 Å². The molecule has 104 valence electrons. The Bertz CT molecular complexity index is 173. The second-order valence-electron chi connectivity index (χ2n) is 5.76. The van der Waals surface area contributed by atoms with Crippen molar-refractivity contribution in [3.05, 3.63) is 0 Å². The van der Waals surface area contributed by atoms with Gasteiger partial charge in [0.2, 0.25) is 0 Å². The summed E-state index contributed by atoms with van der Waals surface area (Å²) in [6.07, 6.45) is 2.16. The summed E-state index contributed by atoms with van der Waals surface area (Å²) in [5.41, 5.74) is 0. The topological polar surface area (TPSA) is 65.8 Å². The molecule has 2 N–H and O–H groups in total. The van der Waals surface area contributed by atoms with Crippen LogP contribution < -0.4 is 0 Å². The van der Waals surface area contributed by atoms with E-state index in [2.05, 4.69) is 26.6 Å². The summed E-state index contributed by atoms with van der Waals surface area (Å²) in [6, 6.07) is 1.48. The number of rotatable bonds is 6. The zero-order chi connectivity index (χ0) is 12.0. The molecule has 0 aromatic rings. The van der Waals surface area contributed by atoms with Crippen molar-refractivity contribution in [3.8, 4) is 0 Å². The van der Waals surface area contributed by atoms with Crippen LogP contribution >= 0.6 is 0 Å². The van der Waals surface area contributed by atoms with E-state index in [0.29, 0.717) is 12.2 Å². The number of hydrogen-bond acceptors (Lipinski definition) is 3. The van der Waals surface area contributed by atoms with E-state index in [9.17, 15) is 0 Å². The molecule has 0 aromatic carbocycles. The lowest BCUT2D eigenvalue weighted by molar-refractivity contribution is 0.102. The zero-order valence-electron chi connectivity index (χ0n) is 11.6. The minimum Gasteiger partial charge on any atom is -0.412 e. The largest absolute Gasteiger partial charge is 0.412 e. The Morgan fingerprint density at radius 2 is 1.47 bits per heavy atom. The molecule has 2 fully saturated rings. The van der Waals surface area contributed by atoms with Crippen LogP contribution in [-0.4, -0.2) is 52.2 Å². The molecule has 0 aliphatic carbocycles. The molecule has 0 radical (unpaired) electrons. The van der Waals surface area contributed by atoms with Crippen molar-refractivity contribution in [2.75, 3.05) is 26.4 Å². The molecule has 17 heavy (non-hydrogen) atoms. The van der Waals surface area contributed by atoms with Gasteiger partial charge in [0, 0.05) is 8.07 Å². The van der Waals surface area contributed by atoms with E-state index in [1.165, 1.54) is 12.5 Å². The van der Waals surface area contributed by atoms with E-state index in [1.807, 2.05) is 0 Å². The molecule has 2 heterocycles. The minimum absolute atomic E-state index is 0. The van der Waals surface area contributed by atoms with Gasteiger partial charge in [-0.05, 0) is 0 Å². The van der Waals surface area contributed by atoms with Gasteiger partial charge < -0.3 is 19.7 Å². The van der Waals surface area contributed by atoms with Gasteiger partial charge in [-0.3, -0.25) is 0 Å². The normalized spacial score (nSPS) is 25.4. The van der Waals surface area contributed by atoms with Crippen LogP contribution in [0.1, 0.15) is 13.3 Å². The Balaban J connectivity index is 0.000000296. The lowest BCUT2D eigenvalue weighted by Crippen LogP contribution is -2.17. The first-order valence-corrected chi connectivity index (χ1v) is 10.0. The highest BCUT2D eigenvalue weighted by atomic mass is 28.3. The van der Waals surface area contributed by atoms with E-state index in [0.717, 1.165) is 26.4 Å². The third-order valence-electron chi connectivity index (χ3n) is 2.41. The summed E-state index contributed by atoms with van der Waals surface area (Å²) in [5, 5.41) is 0. The minimum atomic E-state index is -0.657. The summed E-state index contributed by atoms with van der Waals surface area (Å²) in [4.78, 5) is 0. The van der Waals surface area contributed by atoms with Crippen molar-refractivity contribution in [1.29, 1.82) is 0 Å². The van der Waals surface area contributed by atoms with Crippen LogP contribution in [0.3, 0.4) is 0 Å². The molecular formula is C12H28O4Si. The Kier molecular flexibility index (Phi) is 8.24. The standard InChI is InChI=1S/C6H10O3.C6H16Si.H2O/c1(5-3-8-5)7-2-6-4-9-6;1-5-6-7(2,3)4;/h5-6H,1-4H2;5-6H2,1-4H3;1H2. The molecular weight excluding hydrogens is 236 g/mol. The van der Waals surface area contributed by atoms with Crippen molar-refractivity contribution >= 4 is 8.07 Å². The number of epoxide rings is 2. The summed E-state index contributed by atoms with van der Waals surface area (Å²) >= 11 is 0. The third kappa shape index (κ3) is 12.3. The maximum absolute atomic E-state index is 5.23. The highest BCUT2D eigenvalue weighted by molar-refractivity contribution is 6.76. The highest BCUT2D eigenvalue weighted by Crippen LogP contribution is 2.12. The van der Waals surface area contributed by atoms with Crippen LogP contribution in [0.5, 0.6) is 0 Å². The molecule has 2 atom stereocenters. The summed E-state index contributed by atoms with van der Waals surface area (Å²) in [6.45, 7) is 12.8. The van der Waals surface area contributed by atoms with Gasteiger partial charge in [0.1, 0.15) is 12.2 Å². The van der Waals surface area contributed by atoms with E-state index < -0.39 is 8.07 Å². The van der Waals surface area contributed by atoms with Crippen molar-refractivity contribution in [1.82, 2.24) is 0 Å². The SMILES string of the molecule is C(OCC1CO1)C1CO1.CCC[Si](C)(C)C.O. The molecule has 2 saturated heterocycles. The van der Waals surface area contributed by atoms with Crippen LogP contribution in [0.4, 0.5) is 0 Å². The van der Waals surface area contributed by atoms with Gasteiger partial charge in [0.05, 0.1) is 26.4 Å². The molecule has 5 heteroatoms. The average Bonchev–Trinajstić information content (AvgIpc) is 2.96. The monoisotopic (exact) mass is 264 g/mol. The van der Waals surface area contributed by atoms with E-state index >= 15 is 0 Å². The summed E-state index contributed by atoms with van der Waals surface area (Å²) < 4.78 is 15.1. The van der Waals surface area contributed by atoms with Crippen molar-refractivity contribution in [3.63, 3.8) is 0 Å². The number of hydrogen-bond donors (Lipinski definition) is 0. The van der Waals surface area contributed by atoms with Crippen LogP contribution in [0.15, 0.2) is 0 Å². The fraction of sp³-hybridized carbons (Fsp3) is 1.00. The second-order valence-corrected chi connectivity index (χ2v) is 11.4. The molecule has 2 aliphatic heterocycles. The molecule has 4 nitrogen and oxygen atoms in total. The van der Waals surface area contributed by atoms with Gasteiger partial charge >= 0.3 is 0 Å². The molecule has 2 unspecified atom stereocenters. The Morgan fingerprint density at radius 3 is 1.65 bits per heavy atom. The smallest absolute Gasteiger partial charge is 0.104 e. The van der Waals surface area contributed by atoms with Gasteiger partial charge in [0.25, 0.3) is 0 Å². The van der Waals surface area contributed by atoms with E-state index in [4.69, 9.17) is 14.2 Å². The van der Waals surface area contributed by atoms with Gasteiger partial charge in [-0.2, -0.15) is 0 Å².